The predicted molar refractivity (Wildman–Crippen MR) is 103 cm³/mol. The number of para-hydroxylation sites is 1. The Hall–Kier alpha value is -3.06. The molecule has 3 heterocycles. The van der Waals surface area contributed by atoms with E-state index in [-0.39, 0.29) is 12.5 Å². The van der Waals surface area contributed by atoms with E-state index in [1.807, 2.05) is 54.6 Å². The molecule has 0 N–H and O–H groups in total. The van der Waals surface area contributed by atoms with E-state index in [4.69, 9.17) is 9.15 Å². The van der Waals surface area contributed by atoms with Crippen LogP contribution in [0.15, 0.2) is 70.1 Å². The zero-order valence-electron chi connectivity index (χ0n) is 14.8. The molecule has 0 aliphatic carbocycles. The third kappa shape index (κ3) is 2.62. The first-order valence-electron chi connectivity index (χ1n) is 8.96. The molecule has 3 aromatic rings. The molecule has 6 nitrogen and oxygen atoms in total. The fraction of sp³-hybridized carbons (Fsp3) is 0.190. The molecule has 140 valence electrons. The molecule has 0 spiro atoms. The molecule has 1 atom stereocenters. The van der Waals surface area contributed by atoms with Crippen LogP contribution < -0.4 is 4.90 Å². The van der Waals surface area contributed by atoms with Crippen LogP contribution in [0.3, 0.4) is 0 Å². The van der Waals surface area contributed by atoms with Crippen molar-refractivity contribution >= 4 is 29.3 Å². The monoisotopic (exact) mass is 392 g/mol. The lowest BCUT2D eigenvalue weighted by molar-refractivity contribution is -0.148. The molecule has 1 amide bonds. The van der Waals surface area contributed by atoms with Gasteiger partial charge in [0.25, 0.3) is 0 Å². The standard InChI is InChI=1S/C21H16N2O4S/c24-19-10-11-21(23(19)15-8-4-5-9-17(15)28-21)20(25)26-13-18-22-12-16(27-18)14-6-2-1-3-7-14/h1-9,12H,10-11,13H2/t21-/m1/s1. The Morgan fingerprint density at radius 3 is 2.82 bits per heavy atom. The number of amides is 1. The number of carbonyl (C=O) groups excluding carboxylic acids is 2. The maximum Gasteiger partial charge on any atom is 0.344 e. The highest BCUT2D eigenvalue weighted by Crippen LogP contribution is 2.56. The quantitative estimate of drug-likeness (QED) is 0.625. The number of carbonyl (C=O) groups is 2. The average Bonchev–Trinajstić information content (AvgIpc) is 3.41. The Labute approximate surface area is 165 Å². The first-order valence-corrected chi connectivity index (χ1v) is 9.77. The van der Waals surface area contributed by atoms with Gasteiger partial charge in [-0.3, -0.25) is 9.69 Å². The number of oxazole rings is 1. The lowest BCUT2D eigenvalue weighted by Crippen LogP contribution is -2.47. The van der Waals surface area contributed by atoms with Crippen LogP contribution >= 0.6 is 11.8 Å². The van der Waals surface area contributed by atoms with Gasteiger partial charge in [0.05, 0.1) is 11.9 Å². The number of rotatable bonds is 4. The zero-order valence-corrected chi connectivity index (χ0v) is 15.6. The summed E-state index contributed by atoms with van der Waals surface area (Å²) in [5.74, 6) is 0.431. The van der Waals surface area contributed by atoms with Crippen molar-refractivity contribution in [1.29, 1.82) is 0 Å². The Balaban J connectivity index is 1.34. The summed E-state index contributed by atoms with van der Waals surface area (Å²) in [6, 6.07) is 17.1. The fourth-order valence-corrected chi connectivity index (χ4v) is 5.04. The van der Waals surface area contributed by atoms with Crippen molar-refractivity contribution in [2.45, 2.75) is 29.2 Å². The molecule has 2 aliphatic heterocycles. The van der Waals surface area contributed by atoms with Crippen molar-refractivity contribution in [2.24, 2.45) is 0 Å². The van der Waals surface area contributed by atoms with Gasteiger partial charge >= 0.3 is 5.97 Å². The van der Waals surface area contributed by atoms with Gasteiger partial charge in [0, 0.05) is 23.3 Å². The van der Waals surface area contributed by atoms with Crippen molar-refractivity contribution in [3.05, 3.63) is 66.7 Å². The zero-order chi connectivity index (χ0) is 19.1. The van der Waals surface area contributed by atoms with E-state index in [0.29, 0.717) is 24.5 Å². The van der Waals surface area contributed by atoms with Crippen LogP contribution in [-0.2, 0) is 20.9 Å². The molecule has 7 heteroatoms. The number of aromatic nitrogens is 1. The van der Waals surface area contributed by atoms with Crippen LogP contribution in [0.5, 0.6) is 0 Å². The number of hydrogen-bond donors (Lipinski definition) is 0. The van der Waals surface area contributed by atoms with Crippen LogP contribution in [0, 0.1) is 0 Å². The summed E-state index contributed by atoms with van der Waals surface area (Å²) in [6.45, 7) is -0.0770. The molecule has 5 rings (SSSR count). The van der Waals surface area contributed by atoms with E-state index in [1.165, 1.54) is 11.8 Å². The van der Waals surface area contributed by atoms with Crippen LogP contribution in [0.1, 0.15) is 18.7 Å². The minimum absolute atomic E-state index is 0.0584. The van der Waals surface area contributed by atoms with Crippen LogP contribution in [0.4, 0.5) is 5.69 Å². The number of hydrogen-bond acceptors (Lipinski definition) is 6. The van der Waals surface area contributed by atoms with E-state index in [0.717, 1.165) is 16.1 Å². The molecule has 1 saturated heterocycles. The summed E-state index contributed by atoms with van der Waals surface area (Å²) in [4.78, 5) is 31.1. The van der Waals surface area contributed by atoms with Gasteiger partial charge in [0.1, 0.15) is 0 Å². The second-order valence-corrected chi connectivity index (χ2v) is 7.96. The maximum atomic E-state index is 13.0. The number of benzene rings is 2. The molecule has 0 unspecified atom stereocenters. The Morgan fingerprint density at radius 1 is 1.18 bits per heavy atom. The SMILES string of the molecule is O=C1CC[C@]2(C(=O)OCc3ncc(-c4ccccc4)o3)Sc3ccccc3N12. The molecule has 0 radical (unpaired) electrons. The minimum atomic E-state index is -1.03. The van der Waals surface area contributed by atoms with E-state index < -0.39 is 10.8 Å². The highest BCUT2D eigenvalue weighted by atomic mass is 32.2. The first-order chi connectivity index (χ1) is 13.7. The van der Waals surface area contributed by atoms with Gasteiger partial charge in [-0.1, -0.05) is 54.2 Å². The summed E-state index contributed by atoms with van der Waals surface area (Å²) in [6.07, 6.45) is 2.36. The highest BCUT2D eigenvalue weighted by molar-refractivity contribution is 8.02. The summed E-state index contributed by atoms with van der Waals surface area (Å²) < 4.78 is 11.2. The number of fused-ring (bicyclic) bond motifs is 3. The largest absolute Gasteiger partial charge is 0.453 e. The topological polar surface area (TPSA) is 72.6 Å². The van der Waals surface area contributed by atoms with Gasteiger partial charge in [0.2, 0.25) is 11.8 Å². The molecule has 1 aromatic heterocycles. The normalized spacial score (nSPS) is 20.1. The smallest absolute Gasteiger partial charge is 0.344 e. The van der Waals surface area contributed by atoms with Gasteiger partial charge in [-0.15, -0.1) is 0 Å². The fourth-order valence-electron chi connectivity index (χ4n) is 3.63. The number of thioether (sulfide) groups is 1. The minimum Gasteiger partial charge on any atom is -0.453 e. The van der Waals surface area contributed by atoms with Crippen molar-refractivity contribution in [1.82, 2.24) is 4.98 Å². The third-order valence-corrected chi connectivity index (χ3v) is 6.39. The lowest BCUT2D eigenvalue weighted by Gasteiger charge is -2.28. The third-order valence-electron chi connectivity index (χ3n) is 4.93. The summed E-state index contributed by atoms with van der Waals surface area (Å²) in [5.41, 5.74) is 1.68. The molecule has 0 bridgehead atoms. The second kappa shape index (κ2) is 6.53. The van der Waals surface area contributed by atoms with Gasteiger partial charge < -0.3 is 9.15 Å². The second-order valence-electron chi connectivity index (χ2n) is 6.64. The van der Waals surface area contributed by atoms with Crippen LogP contribution in [-0.4, -0.2) is 21.7 Å². The summed E-state index contributed by atoms with van der Waals surface area (Å²) in [7, 11) is 0. The number of esters is 1. The van der Waals surface area contributed by atoms with Gasteiger partial charge in [0.15, 0.2) is 17.2 Å². The van der Waals surface area contributed by atoms with E-state index >= 15 is 0 Å². The van der Waals surface area contributed by atoms with Crippen molar-refractivity contribution in [2.75, 3.05) is 4.90 Å². The van der Waals surface area contributed by atoms with Crippen molar-refractivity contribution in [3.8, 4) is 11.3 Å². The molecular formula is C21H16N2O4S. The van der Waals surface area contributed by atoms with E-state index in [1.54, 1.807) is 11.1 Å². The van der Waals surface area contributed by atoms with Crippen molar-refractivity contribution in [3.63, 3.8) is 0 Å². The highest BCUT2D eigenvalue weighted by Gasteiger charge is 2.58. The summed E-state index contributed by atoms with van der Waals surface area (Å²) in [5, 5.41) is 0. The summed E-state index contributed by atoms with van der Waals surface area (Å²) >= 11 is 1.38. The Morgan fingerprint density at radius 2 is 1.96 bits per heavy atom. The number of nitrogens with zero attached hydrogens (tertiary/aromatic N) is 2. The molecule has 28 heavy (non-hydrogen) atoms. The molecule has 1 fully saturated rings. The lowest BCUT2D eigenvalue weighted by atomic mass is 10.2. The number of anilines is 1. The Kier molecular flexibility index (Phi) is 3.98. The predicted octanol–water partition coefficient (Wildman–Crippen LogP) is 4.01. The maximum absolute atomic E-state index is 13.0. The van der Waals surface area contributed by atoms with Crippen molar-refractivity contribution < 1.29 is 18.7 Å². The van der Waals surface area contributed by atoms with Gasteiger partial charge in [-0.05, 0) is 12.1 Å². The van der Waals surface area contributed by atoms with E-state index in [2.05, 4.69) is 4.98 Å². The molecular weight excluding hydrogens is 376 g/mol. The molecule has 2 aliphatic rings. The molecule has 2 aromatic carbocycles. The molecule has 0 saturated carbocycles. The van der Waals surface area contributed by atoms with Gasteiger partial charge in [-0.25, -0.2) is 9.78 Å². The van der Waals surface area contributed by atoms with Crippen LogP contribution in [0.25, 0.3) is 11.3 Å². The first kappa shape index (κ1) is 17.1. The number of ether oxygens (including phenoxy) is 1. The van der Waals surface area contributed by atoms with E-state index in [9.17, 15) is 9.59 Å². The van der Waals surface area contributed by atoms with Crippen LogP contribution in [0.2, 0.25) is 0 Å². The Bertz CT molecular complexity index is 1070. The average molecular weight is 392 g/mol. The van der Waals surface area contributed by atoms with Gasteiger partial charge in [-0.2, -0.15) is 0 Å².